The van der Waals surface area contributed by atoms with Crippen LogP contribution in [0, 0.1) is 5.82 Å². The van der Waals surface area contributed by atoms with Crippen LogP contribution in [-0.4, -0.2) is 31.0 Å². The van der Waals surface area contributed by atoms with E-state index in [0.717, 1.165) is 11.3 Å². The monoisotopic (exact) mass is 435 g/mol. The van der Waals surface area contributed by atoms with Gasteiger partial charge in [-0.1, -0.05) is 42.1 Å². The standard InChI is InChI=1S/C22H18FN5O2S/c23-15-8-6-14(7-9-15)11-24-19(29)10-17-13-31-22-26-20-18(21(30)27(17)22)12-25-28(20)16-4-2-1-3-5-16/h1-9,12,17H,10-11,13H2,(H,24,29)/t17-/m1/s1. The Labute approximate surface area is 180 Å². The zero-order valence-electron chi connectivity index (χ0n) is 16.4. The largest absolute Gasteiger partial charge is 0.352 e. The number of para-hydroxylation sites is 1. The van der Waals surface area contributed by atoms with E-state index in [1.807, 2.05) is 30.3 Å². The van der Waals surface area contributed by atoms with Gasteiger partial charge in [0.2, 0.25) is 5.91 Å². The molecule has 3 heterocycles. The Morgan fingerprint density at radius 3 is 2.71 bits per heavy atom. The van der Waals surface area contributed by atoms with E-state index >= 15 is 0 Å². The lowest BCUT2D eigenvalue weighted by Crippen LogP contribution is -2.30. The third-order valence-corrected chi connectivity index (χ3v) is 6.29. The number of rotatable bonds is 5. The molecule has 31 heavy (non-hydrogen) atoms. The molecule has 1 atom stereocenters. The molecule has 7 nitrogen and oxygen atoms in total. The highest BCUT2D eigenvalue weighted by Gasteiger charge is 2.29. The summed E-state index contributed by atoms with van der Waals surface area (Å²) >= 11 is 1.46. The van der Waals surface area contributed by atoms with Crippen molar-refractivity contribution in [2.45, 2.75) is 24.2 Å². The second-order valence-electron chi connectivity index (χ2n) is 7.27. The topological polar surface area (TPSA) is 81.8 Å². The van der Waals surface area contributed by atoms with E-state index in [-0.39, 0.29) is 29.7 Å². The number of benzene rings is 2. The van der Waals surface area contributed by atoms with Gasteiger partial charge >= 0.3 is 0 Å². The van der Waals surface area contributed by atoms with Gasteiger partial charge in [-0.25, -0.2) is 14.1 Å². The molecule has 0 bridgehead atoms. The Hall–Kier alpha value is -3.46. The predicted octanol–water partition coefficient (Wildman–Crippen LogP) is 3.07. The van der Waals surface area contributed by atoms with Crippen LogP contribution in [0.15, 0.2) is 70.7 Å². The van der Waals surface area contributed by atoms with Gasteiger partial charge in [-0.15, -0.1) is 0 Å². The van der Waals surface area contributed by atoms with Crippen LogP contribution >= 0.6 is 11.8 Å². The van der Waals surface area contributed by atoms with Crippen molar-refractivity contribution in [2.75, 3.05) is 5.75 Å². The summed E-state index contributed by atoms with van der Waals surface area (Å²) in [4.78, 5) is 30.3. The number of thioether (sulfide) groups is 1. The maximum Gasteiger partial charge on any atom is 0.265 e. The number of fused-ring (bicyclic) bond motifs is 2. The van der Waals surface area contributed by atoms with E-state index < -0.39 is 0 Å². The van der Waals surface area contributed by atoms with Gasteiger partial charge in [-0.05, 0) is 29.8 Å². The molecule has 2 aromatic carbocycles. The van der Waals surface area contributed by atoms with Crippen LogP contribution in [0.5, 0.6) is 0 Å². The molecule has 5 rings (SSSR count). The number of aromatic nitrogens is 4. The lowest BCUT2D eigenvalue weighted by atomic mass is 10.2. The Kier molecular flexibility index (Phi) is 5.03. The Morgan fingerprint density at radius 2 is 1.94 bits per heavy atom. The molecular weight excluding hydrogens is 417 g/mol. The van der Waals surface area contributed by atoms with E-state index in [1.54, 1.807) is 21.4 Å². The van der Waals surface area contributed by atoms with Crippen LogP contribution in [0.2, 0.25) is 0 Å². The number of carbonyl (C=O) groups excluding carboxylic acids is 1. The molecule has 0 spiro atoms. The van der Waals surface area contributed by atoms with E-state index in [4.69, 9.17) is 0 Å². The van der Waals surface area contributed by atoms with E-state index in [9.17, 15) is 14.0 Å². The van der Waals surface area contributed by atoms with Crippen molar-refractivity contribution in [3.63, 3.8) is 0 Å². The molecule has 2 aromatic heterocycles. The van der Waals surface area contributed by atoms with Crippen LogP contribution in [0.3, 0.4) is 0 Å². The quantitative estimate of drug-likeness (QED) is 0.487. The summed E-state index contributed by atoms with van der Waals surface area (Å²) in [6.45, 7) is 0.307. The average Bonchev–Trinajstić information content (AvgIpc) is 3.39. The molecule has 0 unspecified atom stereocenters. The number of carbonyl (C=O) groups is 1. The molecule has 1 N–H and O–H groups in total. The fraction of sp³-hybridized carbons (Fsp3) is 0.182. The third-order valence-electron chi connectivity index (χ3n) is 5.20. The molecule has 0 saturated heterocycles. The minimum absolute atomic E-state index is 0.168. The first kappa shape index (κ1) is 19.5. The van der Waals surface area contributed by atoms with E-state index in [1.165, 1.54) is 30.1 Å². The van der Waals surface area contributed by atoms with Gasteiger partial charge in [0.05, 0.1) is 17.9 Å². The van der Waals surface area contributed by atoms with Crippen LogP contribution in [0.4, 0.5) is 4.39 Å². The van der Waals surface area contributed by atoms with Gasteiger partial charge in [0.15, 0.2) is 10.8 Å². The molecule has 9 heteroatoms. The Morgan fingerprint density at radius 1 is 1.16 bits per heavy atom. The summed E-state index contributed by atoms with van der Waals surface area (Å²) < 4.78 is 16.3. The number of amides is 1. The molecule has 156 valence electrons. The summed E-state index contributed by atoms with van der Waals surface area (Å²) in [5, 5.41) is 8.20. The van der Waals surface area contributed by atoms with Crippen LogP contribution in [0.1, 0.15) is 18.0 Å². The van der Waals surface area contributed by atoms with Gasteiger partial charge in [-0.2, -0.15) is 5.10 Å². The number of halogens is 1. The highest BCUT2D eigenvalue weighted by atomic mass is 32.2. The molecule has 1 aliphatic rings. The molecule has 1 aliphatic heterocycles. The summed E-state index contributed by atoms with van der Waals surface area (Å²) in [5.74, 6) is 0.107. The van der Waals surface area contributed by atoms with Crippen LogP contribution < -0.4 is 10.9 Å². The van der Waals surface area contributed by atoms with Gasteiger partial charge in [-0.3, -0.25) is 14.2 Å². The maximum atomic E-state index is 13.2. The lowest BCUT2D eigenvalue weighted by molar-refractivity contribution is -0.121. The molecular formula is C22H18FN5O2S. The minimum atomic E-state index is -0.316. The molecule has 0 radical (unpaired) electrons. The van der Waals surface area contributed by atoms with Crippen molar-refractivity contribution in [3.05, 3.63) is 82.5 Å². The Balaban J connectivity index is 1.37. The summed E-state index contributed by atoms with van der Waals surface area (Å²) in [5.41, 5.74) is 1.96. The van der Waals surface area contributed by atoms with Crippen molar-refractivity contribution >= 4 is 28.7 Å². The average molecular weight is 435 g/mol. The van der Waals surface area contributed by atoms with E-state index in [0.29, 0.717) is 28.5 Å². The highest BCUT2D eigenvalue weighted by molar-refractivity contribution is 7.99. The highest BCUT2D eigenvalue weighted by Crippen LogP contribution is 2.33. The van der Waals surface area contributed by atoms with Crippen molar-refractivity contribution in [3.8, 4) is 5.69 Å². The number of hydrogen-bond acceptors (Lipinski definition) is 5. The Bertz CT molecular complexity index is 1320. The first-order valence-electron chi connectivity index (χ1n) is 9.80. The van der Waals surface area contributed by atoms with Gasteiger partial charge in [0.25, 0.3) is 5.56 Å². The van der Waals surface area contributed by atoms with Crippen molar-refractivity contribution in [1.29, 1.82) is 0 Å². The SMILES string of the molecule is O=C(C[C@@H]1CSc2nc3c(cnn3-c3ccccc3)c(=O)n21)NCc1ccc(F)cc1. The number of nitrogens with one attached hydrogen (secondary N) is 1. The first-order chi connectivity index (χ1) is 15.1. The second-order valence-corrected chi connectivity index (χ2v) is 8.26. The molecule has 4 aromatic rings. The zero-order valence-corrected chi connectivity index (χ0v) is 17.2. The normalized spacial score (nSPS) is 15.2. The summed E-state index contributed by atoms with van der Waals surface area (Å²) in [6, 6.07) is 15.2. The second kappa shape index (κ2) is 7.99. The van der Waals surface area contributed by atoms with Crippen molar-refractivity contribution in [1.82, 2.24) is 24.6 Å². The summed E-state index contributed by atoms with van der Waals surface area (Å²) in [7, 11) is 0. The molecule has 0 fully saturated rings. The smallest absolute Gasteiger partial charge is 0.265 e. The molecule has 1 amide bonds. The molecule has 0 saturated carbocycles. The van der Waals surface area contributed by atoms with Crippen LogP contribution in [-0.2, 0) is 11.3 Å². The van der Waals surface area contributed by atoms with Gasteiger partial charge < -0.3 is 5.32 Å². The zero-order chi connectivity index (χ0) is 21.4. The number of hydrogen-bond donors (Lipinski definition) is 1. The fourth-order valence-electron chi connectivity index (χ4n) is 3.63. The van der Waals surface area contributed by atoms with Gasteiger partial charge in [0, 0.05) is 18.7 Å². The fourth-order valence-corrected chi connectivity index (χ4v) is 4.76. The van der Waals surface area contributed by atoms with Crippen molar-refractivity contribution in [2.24, 2.45) is 0 Å². The predicted molar refractivity (Wildman–Crippen MR) is 116 cm³/mol. The summed E-state index contributed by atoms with van der Waals surface area (Å²) in [6.07, 6.45) is 1.70. The molecule has 0 aliphatic carbocycles. The third kappa shape index (κ3) is 3.72. The number of nitrogens with zero attached hydrogens (tertiary/aromatic N) is 4. The van der Waals surface area contributed by atoms with E-state index in [2.05, 4.69) is 15.4 Å². The minimum Gasteiger partial charge on any atom is -0.352 e. The maximum absolute atomic E-state index is 13.2. The van der Waals surface area contributed by atoms with Crippen LogP contribution in [0.25, 0.3) is 16.7 Å². The van der Waals surface area contributed by atoms with Gasteiger partial charge in [0.1, 0.15) is 11.2 Å². The lowest BCUT2D eigenvalue weighted by Gasteiger charge is -2.13. The van der Waals surface area contributed by atoms with Crippen molar-refractivity contribution < 1.29 is 9.18 Å². The first-order valence-corrected chi connectivity index (χ1v) is 10.8.